The molecule has 104 valence electrons. The van der Waals surface area contributed by atoms with Gasteiger partial charge in [-0.25, -0.2) is 14.6 Å². The topological polar surface area (TPSA) is 80.3 Å². The summed E-state index contributed by atoms with van der Waals surface area (Å²) in [6.45, 7) is 8.56. The molecule has 0 radical (unpaired) electrons. The van der Waals surface area contributed by atoms with Gasteiger partial charge in [-0.1, -0.05) is 0 Å². The standard InChI is InChI=1S/C11H18O7/c1-8(2)15-10(13)17-16-9(12)6-7-14-18-11(3,4)5/h6-8H,1-5H3. The minimum absolute atomic E-state index is 0.365. The largest absolute Gasteiger partial charge is 0.550 e. The van der Waals surface area contributed by atoms with Crippen LogP contribution in [0.1, 0.15) is 34.6 Å². The van der Waals surface area contributed by atoms with Gasteiger partial charge in [-0.15, -0.1) is 0 Å². The highest BCUT2D eigenvalue weighted by atomic mass is 17.2. The summed E-state index contributed by atoms with van der Waals surface area (Å²) in [6, 6.07) is 0. The van der Waals surface area contributed by atoms with E-state index in [-0.39, 0.29) is 6.10 Å². The quantitative estimate of drug-likeness (QED) is 0.253. The average molecular weight is 262 g/mol. The van der Waals surface area contributed by atoms with E-state index < -0.39 is 17.7 Å². The van der Waals surface area contributed by atoms with Crippen LogP contribution in [-0.2, 0) is 29.1 Å². The minimum Gasteiger partial charge on any atom is -0.429 e. The van der Waals surface area contributed by atoms with Gasteiger partial charge in [0.1, 0.15) is 11.9 Å². The maximum atomic E-state index is 11.0. The van der Waals surface area contributed by atoms with Crippen LogP contribution < -0.4 is 0 Å². The Morgan fingerprint density at radius 3 is 2.22 bits per heavy atom. The molecule has 0 amide bonds. The lowest BCUT2D eigenvalue weighted by Crippen LogP contribution is -2.18. The normalized spacial score (nSPS) is 11.4. The molecule has 0 aromatic heterocycles. The molecule has 0 saturated carbocycles. The first-order valence-electron chi connectivity index (χ1n) is 5.31. The van der Waals surface area contributed by atoms with Gasteiger partial charge >= 0.3 is 12.1 Å². The van der Waals surface area contributed by atoms with Crippen molar-refractivity contribution in [2.24, 2.45) is 0 Å². The van der Waals surface area contributed by atoms with Crippen LogP contribution in [0.15, 0.2) is 12.3 Å². The maximum Gasteiger partial charge on any atom is 0.550 e. The Kier molecular flexibility index (Phi) is 6.81. The molecule has 0 heterocycles. The van der Waals surface area contributed by atoms with Crippen LogP contribution >= 0.6 is 0 Å². The van der Waals surface area contributed by atoms with Crippen molar-refractivity contribution in [2.45, 2.75) is 46.3 Å². The summed E-state index contributed by atoms with van der Waals surface area (Å²) in [5.74, 6) is -0.937. The molecule has 0 aliphatic rings. The van der Waals surface area contributed by atoms with Crippen molar-refractivity contribution in [3.63, 3.8) is 0 Å². The van der Waals surface area contributed by atoms with Crippen LogP contribution in [0.25, 0.3) is 0 Å². The minimum atomic E-state index is -1.10. The highest BCUT2D eigenvalue weighted by Crippen LogP contribution is 2.06. The molecule has 0 rings (SSSR count). The van der Waals surface area contributed by atoms with Crippen LogP contribution in [-0.4, -0.2) is 23.8 Å². The van der Waals surface area contributed by atoms with Crippen LogP contribution in [0.2, 0.25) is 0 Å². The molecule has 7 heteroatoms. The summed E-state index contributed by atoms with van der Waals surface area (Å²) in [5.41, 5.74) is -0.508. The van der Waals surface area contributed by atoms with Gasteiger partial charge < -0.3 is 9.62 Å². The van der Waals surface area contributed by atoms with E-state index in [0.29, 0.717) is 0 Å². The van der Waals surface area contributed by atoms with Crippen molar-refractivity contribution in [3.05, 3.63) is 12.3 Å². The van der Waals surface area contributed by atoms with Gasteiger partial charge in [-0.2, -0.15) is 9.68 Å². The zero-order valence-electron chi connectivity index (χ0n) is 11.1. The average Bonchev–Trinajstić information content (AvgIpc) is 2.19. The number of hydrogen-bond donors (Lipinski definition) is 0. The highest BCUT2D eigenvalue weighted by molar-refractivity contribution is 5.81. The number of carbonyl (C=O) groups excluding carboxylic acids is 2. The van der Waals surface area contributed by atoms with Gasteiger partial charge in [0.15, 0.2) is 0 Å². The van der Waals surface area contributed by atoms with Gasteiger partial charge in [0.2, 0.25) is 0 Å². The molecular formula is C11H18O7. The monoisotopic (exact) mass is 262 g/mol. The maximum absolute atomic E-state index is 11.0. The van der Waals surface area contributed by atoms with E-state index in [1.54, 1.807) is 34.6 Å². The molecule has 0 aromatic carbocycles. The molecule has 0 unspecified atom stereocenters. The molecule has 7 nitrogen and oxygen atoms in total. The summed E-state index contributed by atoms with van der Waals surface area (Å²) in [5, 5.41) is 0. The van der Waals surface area contributed by atoms with Gasteiger partial charge in [0.05, 0.1) is 12.2 Å². The van der Waals surface area contributed by atoms with Crippen molar-refractivity contribution in [1.82, 2.24) is 0 Å². The summed E-state index contributed by atoms with van der Waals surface area (Å²) in [6.07, 6.45) is 0.382. The van der Waals surface area contributed by atoms with Crippen molar-refractivity contribution < 1.29 is 33.9 Å². The molecule has 0 atom stereocenters. The summed E-state index contributed by atoms with van der Waals surface area (Å²) >= 11 is 0. The fraction of sp³-hybridized carbons (Fsp3) is 0.636. The lowest BCUT2D eigenvalue weighted by molar-refractivity contribution is -0.310. The van der Waals surface area contributed by atoms with Crippen LogP contribution in [0.3, 0.4) is 0 Å². The van der Waals surface area contributed by atoms with Crippen LogP contribution in [0, 0.1) is 0 Å². The fourth-order valence-corrected chi connectivity index (χ4v) is 0.570. The number of carbonyl (C=O) groups is 2. The first kappa shape index (κ1) is 16.2. The molecule has 0 aliphatic heterocycles. The Labute approximate surface area is 105 Å². The second-order valence-corrected chi connectivity index (χ2v) is 4.50. The molecule has 0 N–H and O–H groups in total. The second-order valence-electron chi connectivity index (χ2n) is 4.50. The SMILES string of the molecule is CC(C)OC(=O)OOC(=O)C=COOC(C)(C)C. The van der Waals surface area contributed by atoms with Crippen molar-refractivity contribution in [3.8, 4) is 0 Å². The highest BCUT2D eigenvalue weighted by Gasteiger charge is 2.12. The number of rotatable bonds is 4. The predicted octanol–water partition coefficient (Wildman–Crippen LogP) is 2.27. The van der Waals surface area contributed by atoms with Gasteiger partial charge in [0.25, 0.3) is 0 Å². The van der Waals surface area contributed by atoms with E-state index in [1.807, 2.05) is 0 Å². The van der Waals surface area contributed by atoms with Crippen molar-refractivity contribution in [1.29, 1.82) is 0 Å². The predicted molar refractivity (Wildman–Crippen MR) is 59.9 cm³/mol. The Morgan fingerprint density at radius 1 is 1.11 bits per heavy atom. The van der Waals surface area contributed by atoms with E-state index in [4.69, 9.17) is 4.89 Å². The molecular weight excluding hydrogens is 244 g/mol. The summed E-state index contributed by atoms with van der Waals surface area (Å²) < 4.78 is 4.55. The fourth-order valence-electron chi connectivity index (χ4n) is 0.570. The Morgan fingerprint density at radius 2 is 1.72 bits per heavy atom. The molecule has 0 saturated heterocycles. The smallest absolute Gasteiger partial charge is 0.429 e. The summed E-state index contributed by atoms with van der Waals surface area (Å²) in [4.78, 5) is 39.4. The summed E-state index contributed by atoms with van der Waals surface area (Å²) in [7, 11) is 0. The first-order chi connectivity index (χ1) is 8.20. The molecule has 0 spiro atoms. The Bertz CT molecular complexity index is 301. The molecule has 18 heavy (non-hydrogen) atoms. The van der Waals surface area contributed by atoms with Crippen molar-refractivity contribution in [2.75, 3.05) is 0 Å². The molecule has 0 fully saturated rings. The van der Waals surface area contributed by atoms with Gasteiger partial charge in [-0.3, -0.25) is 0 Å². The third-order valence-electron chi connectivity index (χ3n) is 1.08. The van der Waals surface area contributed by atoms with E-state index in [2.05, 4.69) is 19.4 Å². The van der Waals surface area contributed by atoms with E-state index in [0.717, 1.165) is 12.3 Å². The van der Waals surface area contributed by atoms with E-state index in [1.165, 1.54) is 0 Å². The molecule has 0 aliphatic carbocycles. The van der Waals surface area contributed by atoms with Crippen LogP contribution in [0.5, 0.6) is 0 Å². The zero-order chi connectivity index (χ0) is 14.2. The zero-order valence-corrected chi connectivity index (χ0v) is 11.1. The third kappa shape index (κ3) is 10.7. The lowest BCUT2D eigenvalue weighted by Gasteiger charge is -2.15. The Balaban J connectivity index is 3.78. The first-order valence-corrected chi connectivity index (χ1v) is 5.31. The second kappa shape index (κ2) is 7.54. The van der Waals surface area contributed by atoms with E-state index in [9.17, 15) is 9.59 Å². The molecule has 0 bridgehead atoms. The van der Waals surface area contributed by atoms with Crippen molar-refractivity contribution >= 4 is 12.1 Å². The van der Waals surface area contributed by atoms with Crippen LogP contribution in [0.4, 0.5) is 4.79 Å². The third-order valence-corrected chi connectivity index (χ3v) is 1.08. The molecule has 0 aromatic rings. The number of ether oxygens (including phenoxy) is 1. The number of hydrogen-bond acceptors (Lipinski definition) is 7. The Hall–Kier alpha value is -1.76. The van der Waals surface area contributed by atoms with Gasteiger partial charge in [-0.05, 0) is 34.6 Å². The van der Waals surface area contributed by atoms with Gasteiger partial charge in [0, 0.05) is 0 Å². The lowest BCUT2D eigenvalue weighted by atomic mass is 10.2. The van der Waals surface area contributed by atoms with E-state index >= 15 is 0 Å².